The SMILES string of the molecule is CCOc1ccc(S(=O)(=O)N2CCN(C(=O)c3sc(CC)nc3C)CC2)cc1. The van der Waals surface area contributed by atoms with Crippen LogP contribution in [0.3, 0.4) is 0 Å². The number of thiazole rings is 1. The van der Waals surface area contributed by atoms with Crippen molar-refractivity contribution in [2.75, 3.05) is 32.8 Å². The van der Waals surface area contributed by atoms with Crippen LogP contribution in [0, 0.1) is 6.92 Å². The average molecular weight is 424 g/mol. The van der Waals surface area contributed by atoms with E-state index in [4.69, 9.17) is 4.74 Å². The number of carbonyl (C=O) groups is 1. The number of hydrogen-bond donors (Lipinski definition) is 0. The van der Waals surface area contributed by atoms with Crippen molar-refractivity contribution in [2.45, 2.75) is 32.1 Å². The maximum absolute atomic E-state index is 12.9. The number of carbonyl (C=O) groups excluding carboxylic acids is 1. The molecule has 2 heterocycles. The molecule has 1 aliphatic heterocycles. The summed E-state index contributed by atoms with van der Waals surface area (Å²) in [4.78, 5) is 19.8. The lowest BCUT2D eigenvalue weighted by atomic mass is 10.3. The normalized spacial score (nSPS) is 15.6. The Labute approximate surface area is 170 Å². The van der Waals surface area contributed by atoms with Gasteiger partial charge in [0.2, 0.25) is 10.0 Å². The van der Waals surface area contributed by atoms with Gasteiger partial charge in [-0.1, -0.05) is 6.92 Å². The van der Waals surface area contributed by atoms with E-state index in [1.165, 1.54) is 15.6 Å². The zero-order valence-electron chi connectivity index (χ0n) is 16.3. The molecule has 0 atom stereocenters. The predicted octanol–water partition coefficient (Wildman–Crippen LogP) is 2.56. The molecule has 3 rings (SSSR count). The van der Waals surface area contributed by atoms with Crippen molar-refractivity contribution in [1.29, 1.82) is 0 Å². The van der Waals surface area contributed by atoms with Crippen molar-refractivity contribution in [3.05, 3.63) is 39.8 Å². The number of aromatic nitrogens is 1. The monoisotopic (exact) mass is 423 g/mol. The van der Waals surface area contributed by atoms with Crippen LogP contribution in [0.5, 0.6) is 5.75 Å². The van der Waals surface area contributed by atoms with Crippen LogP contribution >= 0.6 is 11.3 Å². The van der Waals surface area contributed by atoms with E-state index in [0.29, 0.717) is 30.3 Å². The summed E-state index contributed by atoms with van der Waals surface area (Å²) in [6, 6.07) is 6.44. The molecule has 7 nitrogen and oxygen atoms in total. The molecule has 1 amide bonds. The van der Waals surface area contributed by atoms with E-state index in [-0.39, 0.29) is 23.9 Å². The molecule has 2 aromatic rings. The topological polar surface area (TPSA) is 79.8 Å². The summed E-state index contributed by atoms with van der Waals surface area (Å²) < 4.78 is 32.5. The first kappa shape index (κ1) is 20.8. The lowest BCUT2D eigenvalue weighted by Gasteiger charge is -2.33. The second-order valence-corrected chi connectivity index (χ2v) is 9.50. The second-order valence-electron chi connectivity index (χ2n) is 6.48. The first-order chi connectivity index (χ1) is 13.4. The Morgan fingerprint density at radius 2 is 1.79 bits per heavy atom. The van der Waals surface area contributed by atoms with Crippen molar-refractivity contribution in [2.24, 2.45) is 0 Å². The molecule has 0 saturated carbocycles. The van der Waals surface area contributed by atoms with Crippen LogP contribution in [-0.4, -0.2) is 61.3 Å². The Hall–Kier alpha value is -1.97. The lowest BCUT2D eigenvalue weighted by molar-refractivity contribution is 0.0702. The smallest absolute Gasteiger partial charge is 0.265 e. The maximum atomic E-state index is 12.9. The number of amides is 1. The number of nitrogens with zero attached hydrogens (tertiary/aromatic N) is 3. The Morgan fingerprint density at radius 3 is 2.32 bits per heavy atom. The summed E-state index contributed by atoms with van der Waals surface area (Å²) in [7, 11) is -3.59. The highest BCUT2D eigenvalue weighted by Crippen LogP contribution is 2.24. The van der Waals surface area contributed by atoms with Crippen molar-refractivity contribution in [3.8, 4) is 5.75 Å². The summed E-state index contributed by atoms with van der Waals surface area (Å²) in [5.41, 5.74) is 0.747. The van der Waals surface area contributed by atoms with Crippen molar-refractivity contribution in [3.63, 3.8) is 0 Å². The molecular formula is C19H25N3O4S2. The quantitative estimate of drug-likeness (QED) is 0.713. The summed E-state index contributed by atoms with van der Waals surface area (Å²) in [5.74, 6) is 0.580. The van der Waals surface area contributed by atoms with Crippen molar-refractivity contribution in [1.82, 2.24) is 14.2 Å². The highest BCUT2D eigenvalue weighted by atomic mass is 32.2. The van der Waals surface area contributed by atoms with E-state index in [9.17, 15) is 13.2 Å². The molecule has 1 aromatic heterocycles. The van der Waals surface area contributed by atoms with E-state index < -0.39 is 10.0 Å². The molecule has 0 radical (unpaired) electrons. The van der Waals surface area contributed by atoms with Crippen LogP contribution in [0.4, 0.5) is 0 Å². The van der Waals surface area contributed by atoms with Crippen LogP contribution in [0.2, 0.25) is 0 Å². The Balaban J connectivity index is 1.67. The molecule has 1 aromatic carbocycles. The van der Waals surface area contributed by atoms with E-state index in [0.717, 1.165) is 17.1 Å². The average Bonchev–Trinajstić information content (AvgIpc) is 3.09. The third kappa shape index (κ3) is 4.21. The number of benzene rings is 1. The first-order valence-corrected chi connectivity index (χ1v) is 11.6. The molecular weight excluding hydrogens is 398 g/mol. The van der Waals surface area contributed by atoms with Crippen LogP contribution in [0.1, 0.15) is 34.2 Å². The minimum Gasteiger partial charge on any atom is -0.494 e. The van der Waals surface area contributed by atoms with Gasteiger partial charge in [0.1, 0.15) is 10.6 Å². The van der Waals surface area contributed by atoms with Gasteiger partial charge in [0.15, 0.2) is 0 Å². The third-order valence-electron chi connectivity index (χ3n) is 4.64. The molecule has 0 spiro atoms. The zero-order chi connectivity index (χ0) is 20.3. The summed E-state index contributed by atoms with van der Waals surface area (Å²) in [6.07, 6.45) is 0.799. The van der Waals surface area contributed by atoms with Crippen molar-refractivity contribution >= 4 is 27.3 Å². The highest BCUT2D eigenvalue weighted by molar-refractivity contribution is 7.89. The third-order valence-corrected chi connectivity index (χ3v) is 7.84. The van der Waals surface area contributed by atoms with E-state index in [2.05, 4.69) is 4.98 Å². The molecule has 0 N–H and O–H groups in total. The lowest BCUT2D eigenvalue weighted by Crippen LogP contribution is -2.50. The van der Waals surface area contributed by atoms with Crippen LogP contribution in [-0.2, 0) is 16.4 Å². The molecule has 1 saturated heterocycles. The molecule has 0 unspecified atom stereocenters. The van der Waals surface area contributed by atoms with Gasteiger partial charge in [-0.2, -0.15) is 4.31 Å². The van der Waals surface area contributed by atoms with E-state index >= 15 is 0 Å². The minimum atomic E-state index is -3.59. The molecule has 1 aliphatic rings. The first-order valence-electron chi connectivity index (χ1n) is 9.35. The molecule has 28 heavy (non-hydrogen) atoms. The molecule has 1 fully saturated rings. The number of hydrogen-bond acceptors (Lipinski definition) is 6. The van der Waals surface area contributed by atoms with Gasteiger partial charge in [-0.3, -0.25) is 4.79 Å². The van der Waals surface area contributed by atoms with Gasteiger partial charge in [-0.25, -0.2) is 13.4 Å². The van der Waals surface area contributed by atoms with E-state index in [1.807, 2.05) is 20.8 Å². The van der Waals surface area contributed by atoms with E-state index in [1.54, 1.807) is 29.2 Å². The molecule has 152 valence electrons. The van der Waals surface area contributed by atoms with Gasteiger partial charge in [-0.15, -0.1) is 11.3 Å². The highest BCUT2D eigenvalue weighted by Gasteiger charge is 2.31. The fraction of sp³-hybridized carbons (Fsp3) is 0.474. The Bertz CT molecular complexity index is 931. The number of rotatable bonds is 6. The fourth-order valence-corrected chi connectivity index (χ4v) is 5.50. The van der Waals surface area contributed by atoms with Crippen LogP contribution in [0.15, 0.2) is 29.2 Å². The minimum absolute atomic E-state index is 0.0622. The van der Waals surface area contributed by atoms with Crippen LogP contribution in [0.25, 0.3) is 0 Å². The predicted molar refractivity (Wildman–Crippen MR) is 109 cm³/mol. The van der Waals surface area contributed by atoms with Gasteiger partial charge < -0.3 is 9.64 Å². The number of aryl methyl sites for hydroxylation is 2. The van der Waals surface area contributed by atoms with Crippen molar-refractivity contribution < 1.29 is 17.9 Å². The molecule has 0 aliphatic carbocycles. The van der Waals surface area contributed by atoms with Gasteiger partial charge >= 0.3 is 0 Å². The summed E-state index contributed by atoms with van der Waals surface area (Å²) in [6.45, 7) is 7.55. The standard InChI is InChI=1S/C19H25N3O4S2/c1-4-17-20-14(3)18(27-17)19(23)21-10-12-22(13-11-21)28(24,25)16-8-6-15(7-9-16)26-5-2/h6-9H,4-5,10-13H2,1-3H3. The summed E-state index contributed by atoms with van der Waals surface area (Å²) in [5, 5.41) is 0.942. The Kier molecular flexibility index (Phi) is 6.36. The number of ether oxygens (including phenoxy) is 1. The second kappa shape index (κ2) is 8.59. The van der Waals surface area contributed by atoms with Gasteiger partial charge in [0.05, 0.1) is 22.2 Å². The summed E-state index contributed by atoms with van der Waals surface area (Å²) >= 11 is 1.42. The zero-order valence-corrected chi connectivity index (χ0v) is 18.0. The molecule has 9 heteroatoms. The van der Waals surface area contributed by atoms with Crippen LogP contribution < -0.4 is 4.74 Å². The number of piperazine rings is 1. The van der Waals surface area contributed by atoms with Gasteiger partial charge in [0.25, 0.3) is 5.91 Å². The Morgan fingerprint density at radius 1 is 1.14 bits per heavy atom. The fourth-order valence-electron chi connectivity index (χ4n) is 3.10. The van der Waals surface area contributed by atoms with Gasteiger partial charge in [0, 0.05) is 26.2 Å². The number of sulfonamides is 1. The largest absolute Gasteiger partial charge is 0.494 e. The van der Waals surface area contributed by atoms with Gasteiger partial charge in [-0.05, 0) is 44.5 Å². The maximum Gasteiger partial charge on any atom is 0.265 e. The molecule has 0 bridgehead atoms.